The van der Waals surface area contributed by atoms with Gasteiger partial charge in [0, 0.05) is 45.7 Å². The second-order valence-electron chi connectivity index (χ2n) is 7.69. The molecule has 148 valence electrons. The lowest BCUT2D eigenvalue weighted by molar-refractivity contribution is 0.121. The van der Waals surface area contributed by atoms with E-state index in [1.54, 1.807) is 0 Å². The molecule has 0 atom stereocenters. The number of benzene rings is 2. The lowest BCUT2D eigenvalue weighted by atomic mass is 10.1. The Bertz CT molecular complexity index is 865. The zero-order valence-corrected chi connectivity index (χ0v) is 16.7. The molecule has 6 heteroatoms. The Morgan fingerprint density at radius 1 is 0.750 bits per heavy atom. The fraction of sp³-hybridized carbons (Fsp3) is 0.455. The molecule has 0 spiro atoms. The van der Waals surface area contributed by atoms with Gasteiger partial charge in [-0.05, 0) is 34.9 Å². The highest BCUT2D eigenvalue weighted by atomic mass is 35.5. The molecule has 2 aromatic carbocycles. The van der Waals surface area contributed by atoms with Crippen molar-refractivity contribution in [1.82, 2.24) is 9.80 Å². The van der Waals surface area contributed by atoms with Gasteiger partial charge in [0.05, 0.1) is 11.6 Å². The minimum atomic E-state index is 0.561. The van der Waals surface area contributed by atoms with Gasteiger partial charge >= 0.3 is 0 Å². The molecule has 1 saturated heterocycles. The summed E-state index contributed by atoms with van der Waals surface area (Å²) in [7, 11) is 0. The maximum Gasteiger partial charge on any atom is 0.179 e. The van der Waals surface area contributed by atoms with Crippen LogP contribution in [0, 0.1) is 0 Å². The summed E-state index contributed by atoms with van der Waals surface area (Å²) in [4.78, 5) is 5.01. The van der Waals surface area contributed by atoms with E-state index in [1.165, 1.54) is 16.7 Å². The first-order valence-corrected chi connectivity index (χ1v) is 10.4. The van der Waals surface area contributed by atoms with Crippen molar-refractivity contribution < 1.29 is 14.2 Å². The Balaban J connectivity index is 1.17. The molecule has 0 aromatic heterocycles. The number of hydrogen-bond acceptors (Lipinski definition) is 5. The van der Waals surface area contributed by atoms with E-state index in [-0.39, 0.29) is 0 Å². The van der Waals surface area contributed by atoms with Crippen molar-refractivity contribution in [3.8, 4) is 17.2 Å². The summed E-state index contributed by atoms with van der Waals surface area (Å²) in [6, 6.07) is 10.7. The first-order chi connectivity index (χ1) is 13.7. The zero-order valence-electron chi connectivity index (χ0n) is 16.0. The number of nitrogens with zero attached hydrogens (tertiary/aromatic N) is 2. The van der Waals surface area contributed by atoms with Gasteiger partial charge in [0.1, 0.15) is 19.0 Å². The van der Waals surface area contributed by atoms with Gasteiger partial charge in [-0.3, -0.25) is 9.80 Å². The Labute approximate surface area is 170 Å². The van der Waals surface area contributed by atoms with Crippen LogP contribution in [0.15, 0.2) is 30.3 Å². The molecule has 1 fully saturated rings. The third-order valence-electron chi connectivity index (χ3n) is 5.69. The fourth-order valence-electron chi connectivity index (χ4n) is 4.22. The van der Waals surface area contributed by atoms with Crippen LogP contribution in [-0.2, 0) is 19.5 Å². The average Bonchev–Trinajstić information content (AvgIpc) is 3.17. The Hall–Kier alpha value is -1.95. The van der Waals surface area contributed by atoms with Crippen LogP contribution in [0.3, 0.4) is 0 Å². The Morgan fingerprint density at radius 2 is 1.46 bits per heavy atom. The number of ether oxygens (including phenoxy) is 3. The molecule has 5 rings (SSSR count). The Kier molecular flexibility index (Phi) is 5.05. The quantitative estimate of drug-likeness (QED) is 0.786. The van der Waals surface area contributed by atoms with Crippen molar-refractivity contribution in [3.63, 3.8) is 0 Å². The van der Waals surface area contributed by atoms with E-state index < -0.39 is 0 Å². The van der Waals surface area contributed by atoms with Gasteiger partial charge in [0.2, 0.25) is 0 Å². The minimum Gasteiger partial charge on any atom is -0.493 e. The predicted octanol–water partition coefficient (Wildman–Crippen LogP) is 3.36. The fourth-order valence-corrected chi connectivity index (χ4v) is 4.50. The lowest BCUT2D eigenvalue weighted by Crippen LogP contribution is -2.45. The summed E-state index contributed by atoms with van der Waals surface area (Å²) in [5.41, 5.74) is 3.92. The van der Waals surface area contributed by atoms with Gasteiger partial charge < -0.3 is 14.2 Å². The normalized spacial score (nSPS) is 19.3. The van der Waals surface area contributed by atoms with Gasteiger partial charge in [-0.25, -0.2) is 0 Å². The number of halogens is 1. The summed E-state index contributed by atoms with van der Waals surface area (Å²) in [5, 5.41) is 0.645. The third kappa shape index (κ3) is 3.79. The van der Waals surface area contributed by atoms with Crippen LogP contribution in [-0.4, -0.2) is 55.8 Å². The highest BCUT2D eigenvalue weighted by Crippen LogP contribution is 2.38. The maximum absolute atomic E-state index is 6.38. The molecule has 3 aliphatic heterocycles. The monoisotopic (exact) mass is 400 g/mol. The van der Waals surface area contributed by atoms with E-state index in [2.05, 4.69) is 34.1 Å². The molecule has 0 N–H and O–H groups in total. The van der Waals surface area contributed by atoms with Crippen molar-refractivity contribution in [3.05, 3.63) is 52.0 Å². The molecule has 0 saturated carbocycles. The van der Waals surface area contributed by atoms with Crippen molar-refractivity contribution in [2.75, 3.05) is 46.0 Å². The molecular weight excluding hydrogens is 376 g/mol. The van der Waals surface area contributed by atoms with Crippen LogP contribution >= 0.6 is 11.6 Å². The largest absolute Gasteiger partial charge is 0.493 e. The number of fused-ring (bicyclic) bond motifs is 2. The minimum absolute atomic E-state index is 0.561. The molecule has 3 heterocycles. The molecule has 3 aliphatic rings. The topological polar surface area (TPSA) is 34.2 Å². The van der Waals surface area contributed by atoms with Gasteiger partial charge in [-0.1, -0.05) is 23.7 Å². The van der Waals surface area contributed by atoms with E-state index in [0.717, 1.165) is 63.8 Å². The maximum atomic E-state index is 6.38. The molecule has 5 nitrogen and oxygen atoms in total. The van der Waals surface area contributed by atoms with Gasteiger partial charge in [0.15, 0.2) is 11.5 Å². The smallest absolute Gasteiger partial charge is 0.179 e. The summed E-state index contributed by atoms with van der Waals surface area (Å²) in [5.74, 6) is 2.51. The highest BCUT2D eigenvalue weighted by molar-refractivity contribution is 6.32. The summed E-state index contributed by atoms with van der Waals surface area (Å²) in [6.07, 6.45) is 1.04. The highest BCUT2D eigenvalue weighted by Gasteiger charge is 2.21. The number of hydrogen-bond donors (Lipinski definition) is 0. The van der Waals surface area contributed by atoms with E-state index in [0.29, 0.717) is 24.0 Å². The summed E-state index contributed by atoms with van der Waals surface area (Å²) >= 11 is 6.38. The van der Waals surface area contributed by atoms with Crippen LogP contribution < -0.4 is 14.2 Å². The van der Waals surface area contributed by atoms with Crippen LogP contribution in [0.4, 0.5) is 0 Å². The van der Waals surface area contributed by atoms with Crippen molar-refractivity contribution in [1.29, 1.82) is 0 Å². The zero-order chi connectivity index (χ0) is 18.9. The van der Waals surface area contributed by atoms with E-state index in [4.69, 9.17) is 25.8 Å². The van der Waals surface area contributed by atoms with Gasteiger partial charge in [-0.2, -0.15) is 0 Å². The summed E-state index contributed by atoms with van der Waals surface area (Å²) < 4.78 is 16.9. The van der Waals surface area contributed by atoms with Crippen molar-refractivity contribution in [2.45, 2.75) is 19.5 Å². The van der Waals surface area contributed by atoms with Crippen molar-refractivity contribution >= 4 is 11.6 Å². The average molecular weight is 401 g/mol. The second-order valence-corrected chi connectivity index (χ2v) is 8.10. The summed E-state index contributed by atoms with van der Waals surface area (Å²) in [6.45, 7) is 8.13. The molecule has 0 bridgehead atoms. The third-order valence-corrected chi connectivity index (χ3v) is 5.97. The van der Waals surface area contributed by atoms with E-state index in [1.807, 2.05) is 6.07 Å². The standard InChI is InChI=1S/C22H25ClN2O3/c23-19-12-17(13-21-22(19)28-10-9-27-21)15-25-6-4-24(5-7-25)14-16-1-2-20-18(11-16)3-8-26-20/h1-2,11-13H,3-10,14-15H2. The first-order valence-electron chi connectivity index (χ1n) is 10.0. The van der Waals surface area contributed by atoms with Crippen LogP contribution in [0.25, 0.3) is 0 Å². The number of rotatable bonds is 4. The molecule has 28 heavy (non-hydrogen) atoms. The molecule has 0 unspecified atom stereocenters. The van der Waals surface area contributed by atoms with Crippen LogP contribution in [0.5, 0.6) is 17.2 Å². The Morgan fingerprint density at radius 3 is 2.29 bits per heavy atom. The van der Waals surface area contributed by atoms with Gasteiger partial charge in [0.25, 0.3) is 0 Å². The first kappa shape index (κ1) is 18.1. The lowest BCUT2D eigenvalue weighted by Gasteiger charge is -2.35. The van der Waals surface area contributed by atoms with E-state index in [9.17, 15) is 0 Å². The van der Waals surface area contributed by atoms with E-state index >= 15 is 0 Å². The SMILES string of the molecule is Clc1cc(CN2CCN(Cc3ccc4c(c3)CCO4)CC2)cc2c1OCCO2. The van der Waals surface area contributed by atoms with Crippen LogP contribution in [0.1, 0.15) is 16.7 Å². The van der Waals surface area contributed by atoms with Gasteiger partial charge in [-0.15, -0.1) is 0 Å². The molecule has 2 aromatic rings. The second kappa shape index (κ2) is 7.82. The number of piperazine rings is 1. The predicted molar refractivity (Wildman–Crippen MR) is 109 cm³/mol. The molecule has 0 amide bonds. The molecule has 0 aliphatic carbocycles. The molecular formula is C22H25ClN2O3. The molecule has 0 radical (unpaired) electrons. The van der Waals surface area contributed by atoms with Crippen LogP contribution in [0.2, 0.25) is 5.02 Å². The van der Waals surface area contributed by atoms with Crippen molar-refractivity contribution in [2.24, 2.45) is 0 Å².